The Kier molecular flexibility index (Phi) is 7.75. The summed E-state index contributed by atoms with van der Waals surface area (Å²) in [5.41, 5.74) is 1.27. The second kappa shape index (κ2) is 9.81. The van der Waals surface area contributed by atoms with Crippen molar-refractivity contribution in [2.75, 3.05) is 38.8 Å². The first-order chi connectivity index (χ1) is 12.6. The molecule has 0 spiro atoms. The number of methoxy groups -OCH3 is 2. The van der Waals surface area contributed by atoms with Crippen molar-refractivity contribution in [3.63, 3.8) is 0 Å². The number of hydrogen-bond donors (Lipinski definition) is 0. The topological polar surface area (TPSA) is 37.8 Å². The second-order valence-corrected chi connectivity index (χ2v) is 6.97. The molecule has 5 nitrogen and oxygen atoms in total. The SMILES string of the molecule is COc1ccc(CCN2[C@H](C)CN(c3ccccn3)C[C@@H]2C)cc1OC.Cl. The molecule has 0 radical (unpaired) electrons. The third-order valence-corrected chi connectivity index (χ3v) is 5.18. The summed E-state index contributed by atoms with van der Waals surface area (Å²) in [6, 6.07) is 13.3. The van der Waals surface area contributed by atoms with Gasteiger partial charge in [-0.15, -0.1) is 12.4 Å². The minimum Gasteiger partial charge on any atom is -0.493 e. The highest BCUT2D eigenvalue weighted by molar-refractivity contribution is 5.85. The highest BCUT2D eigenvalue weighted by Gasteiger charge is 2.29. The van der Waals surface area contributed by atoms with Crippen LogP contribution in [0.3, 0.4) is 0 Å². The molecule has 0 saturated carbocycles. The molecule has 1 fully saturated rings. The van der Waals surface area contributed by atoms with Crippen molar-refractivity contribution in [1.82, 2.24) is 9.88 Å². The number of anilines is 1. The van der Waals surface area contributed by atoms with Crippen LogP contribution in [0.2, 0.25) is 0 Å². The Morgan fingerprint density at radius 1 is 1.00 bits per heavy atom. The molecule has 3 rings (SSSR count). The lowest BCUT2D eigenvalue weighted by atomic mass is 10.1. The summed E-state index contributed by atoms with van der Waals surface area (Å²) in [7, 11) is 3.35. The molecule has 0 amide bonds. The van der Waals surface area contributed by atoms with Gasteiger partial charge in [0.2, 0.25) is 0 Å². The average molecular weight is 392 g/mol. The van der Waals surface area contributed by atoms with E-state index < -0.39 is 0 Å². The van der Waals surface area contributed by atoms with Crippen LogP contribution in [0.25, 0.3) is 0 Å². The van der Waals surface area contributed by atoms with Crippen LogP contribution in [0.1, 0.15) is 19.4 Å². The van der Waals surface area contributed by atoms with Gasteiger partial charge in [-0.1, -0.05) is 12.1 Å². The first kappa shape index (κ1) is 21.3. The second-order valence-electron chi connectivity index (χ2n) is 6.97. The number of rotatable bonds is 6. The number of ether oxygens (including phenoxy) is 2. The minimum atomic E-state index is 0. The van der Waals surface area contributed by atoms with Gasteiger partial charge in [-0.2, -0.15) is 0 Å². The lowest BCUT2D eigenvalue weighted by Crippen LogP contribution is -2.57. The number of halogens is 1. The molecule has 148 valence electrons. The van der Waals surface area contributed by atoms with E-state index in [-0.39, 0.29) is 12.4 Å². The monoisotopic (exact) mass is 391 g/mol. The van der Waals surface area contributed by atoms with E-state index >= 15 is 0 Å². The van der Waals surface area contributed by atoms with Crippen molar-refractivity contribution in [3.8, 4) is 11.5 Å². The van der Waals surface area contributed by atoms with E-state index in [1.807, 2.05) is 18.3 Å². The molecule has 0 N–H and O–H groups in total. The summed E-state index contributed by atoms with van der Waals surface area (Å²) < 4.78 is 10.7. The van der Waals surface area contributed by atoms with Gasteiger partial charge in [-0.25, -0.2) is 4.98 Å². The summed E-state index contributed by atoms with van der Waals surface area (Å²) >= 11 is 0. The van der Waals surface area contributed by atoms with Crippen LogP contribution in [0.5, 0.6) is 11.5 Å². The molecule has 0 aliphatic carbocycles. The molecule has 6 heteroatoms. The van der Waals surface area contributed by atoms with E-state index in [4.69, 9.17) is 9.47 Å². The van der Waals surface area contributed by atoms with E-state index in [0.717, 1.165) is 43.4 Å². The first-order valence-corrected chi connectivity index (χ1v) is 9.25. The van der Waals surface area contributed by atoms with Crippen LogP contribution in [0.4, 0.5) is 5.82 Å². The Labute approximate surface area is 168 Å². The van der Waals surface area contributed by atoms with Gasteiger partial charge in [0.15, 0.2) is 11.5 Å². The van der Waals surface area contributed by atoms with Gasteiger partial charge in [-0.05, 0) is 50.1 Å². The van der Waals surface area contributed by atoms with Crippen LogP contribution >= 0.6 is 12.4 Å². The summed E-state index contributed by atoms with van der Waals surface area (Å²) in [4.78, 5) is 9.49. The predicted molar refractivity (Wildman–Crippen MR) is 113 cm³/mol. The predicted octanol–water partition coefficient (Wildman–Crippen LogP) is 3.66. The number of nitrogens with zero attached hydrogens (tertiary/aromatic N) is 3. The van der Waals surface area contributed by atoms with Crippen LogP contribution in [0.15, 0.2) is 42.6 Å². The maximum Gasteiger partial charge on any atom is 0.160 e. The Balaban J connectivity index is 0.00000261. The van der Waals surface area contributed by atoms with Gasteiger partial charge < -0.3 is 14.4 Å². The molecule has 1 aliphatic heterocycles. The molecule has 1 saturated heterocycles. The summed E-state index contributed by atoms with van der Waals surface area (Å²) in [5.74, 6) is 2.65. The van der Waals surface area contributed by atoms with Gasteiger partial charge in [0.1, 0.15) is 5.82 Å². The fourth-order valence-electron chi connectivity index (χ4n) is 3.82. The zero-order valence-electron chi connectivity index (χ0n) is 16.6. The Hall–Kier alpha value is -1.98. The lowest BCUT2D eigenvalue weighted by molar-refractivity contribution is 0.133. The summed E-state index contributed by atoms with van der Waals surface area (Å²) in [6.45, 7) is 7.66. The molecule has 1 aromatic heterocycles. The van der Waals surface area contributed by atoms with E-state index in [2.05, 4.69) is 52.9 Å². The molecule has 2 heterocycles. The highest BCUT2D eigenvalue weighted by Crippen LogP contribution is 2.28. The Bertz CT molecular complexity index is 702. The minimum absolute atomic E-state index is 0. The Morgan fingerprint density at radius 2 is 1.70 bits per heavy atom. The molecule has 2 atom stereocenters. The smallest absolute Gasteiger partial charge is 0.160 e. The number of pyridine rings is 1. The average Bonchev–Trinajstić information content (AvgIpc) is 2.67. The summed E-state index contributed by atoms with van der Waals surface area (Å²) in [6.07, 6.45) is 2.87. The fourth-order valence-corrected chi connectivity index (χ4v) is 3.82. The van der Waals surface area contributed by atoms with E-state index in [0.29, 0.717) is 12.1 Å². The molecule has 27 heavy (non-hydrogen) atoms. The van der Waals surface area contributed by atoms with Crippen LogP contribution < -0.4 is 14.4 Å². The number of benzene rings is 1. The van der Waals surface area contributed by atoms with E-state index in [9.17, 15) is 0 Å². The third kappa shape index (κ3) is 5.05. The number of hydrogen-bond acceptors (Lipinski definition) is 5. The van der Waals surface area contributed by atoms with Gasteiger partial charge in [0.05, 0.1) is 14.2 Å². The van der Waals surface area contributed by atoms with Crippen molar-refractivity contribution in [2.45, 2.75) is 32.4 Å². The largest absolute Gasteiger partial charge is 0.493 e. The van der Waals surface area contributed by atoms with Crippen molar-refractivity contribution in [1.29, 1.82) is 0 Å². The molecular formula is C21H30ClN3O2. The maximum atomic E-state index is 5.42. The van der Waals surface area contributed by atoms with Crippen molar-refractivity contribution in [3.05, 3.63) is 48.2 Å². The molecule has 2 aromatic rings. The zero-order chi connectivity index (χ0) is 18.5. The number of piperazine rings is 1. The lowest BCUT2D eigenvalue weighted by Gasteiger charge is -2.45. The van der Waals surface area contributed by atoms with Crippen molar-refractivity contribution < 1.29 is 9.47 Å². The van der Waals surface area contributed by atoms with Crippen LogP contribution in [-0.4, -0.2) is 55.8 Å². The van der Waals surface area contributed by atoms with Gasteiger partial charge in [0.25, 0.3) is 0 Å². The standard InChI is InChI=1S/C21H29N3O2.ClH/c1-16-14-23(21-7-5-6-11-22-21)15-17(2)24(16)12-10-18-8-9-19(25-3)20(13-18)26-4;/h5-9,11,13,16-17H,10,12,14-15H2,1-4H3;1H/t16-,17+;. The molecule has 1 aliphatic rings. The van der Waals surface area contributed by atoms with Gasteiger partial charge in [-0.3, -0.25) is 4.90 Å². The van der Waals surface area contributed by atoms with E-state index in [1.54, 1.807) is 14.2 Å². The Morgan fingerprint density at radius 3 is 2.30 bits per heavy atom. The first-order valence-electron chi connectivity index (χ1n) is 9.25. The van der Waals surface area contributed by atoms with Gasteiger partial charge in [0, 0.05) is 37.9 Å². The van der Waals surface area contributed by atoms with Crippen LogP contribution in [-0.2, 0) is 6.42 Å². The molecular weight excluding hydrogens is 362 g/mol. The third-order valence-electron chi connectivity index (χ3n) is 5.18. The van der Waals surface area contributed by atoms with Crippen molar-refractivity contribution >= 4 is 18.2 Å². The normalized spacial score (nSPS) is 20.1. The zero-order valence-corrected chi connectivity index (χ0v) is 17.4. The maximum absolute atomic E-state index is 5.42. The van der Waals surface area contributed by atoms with Crippen LogP contribution in [0, 0.1) is 0 Å². The van der Waals surface area contributed by atoms with E-state index in [1.165, 1.54) is 5.56 Å². The molecule has 1 aromatic carbocycles. The van der Waals surface area contributed by atoms with Gasteiger partial charge >= 0.3 is 0 Å². The highest BCUT2D eigenvalue weighted by atomic mass is 35.5. The number of aromatic nitrogens is 1. The molecule has 0 bridgehead atoms. The summed E-state index contributed by atoms with van der Waals surface area (Å²) in [5, 5.41) is 0. The quantitative estimate of drug-likeness (QED) is 0.751. The molecule has 0 unspecified atom stereocenters. The fraction of sp³-hybridized carbons (Fsp3) is 0.476. The van der Waals surface area contributed by atoms with Crippen molar-refractivity contribution in [2.24, 2.45) is 0 Å².